The molecule has 0 saturated carbocycles. The summed E-state index contributed by atoms with van der Waals surface area (Å²) in [5.41, 5.74) is 8.80. The number of aromatic nitrogens is 5. The fourth-order valence-corrected chi connectivity index (χ4v) is 8.20. The van der Waals surface area contributed by atoms with E-state index >= 15 is 0 Å². The summed E-state index contributed by atoms with van der Waals surface area (Å²) in [5.74, 6) is 1.25. The molecular formula is C49H28F3N5Pt. The molecule has 0 atom stereocenters. The van der Waals surface area contributed by atoms with Crippen molar-refractivity contribution in [2.24, 2.45) is 0 Å². The first-order valence-electron chi connectivity index (χ1n) is 18.5. The van der Waals surface area contributed by atoms with Gasteiger partial charge in [-0.1, -0.05) is 120 Å². The van der Waals surface area contributed by atoms with Gasteiger partial charge in [-0.15, -0.1) is 34.8 Å². The number of hydrogen-bond acceptors (Lipinski definition) is 2. The Hall–Kier alpha value is -6.76. The minimum atomic E-state index is -4.53. The molecule has 11 aromatic rings. The van der Waals surface area contributed by atoms with Crippen molar-refractivity contribution in [3.8, 4) is 45.1 Å². The van der Waals surface area contributed by atoms with Crippen molar-refractivity contribution in [1.82, 2.24) is 24.1 Å². The summed E-state index contributed by atoms with van der Waals surface area (Å²) in [6.45, 7) is 0. The molecule has 0 aliphatic heterocycles. The summed E-state index contributed by atoms with van der Waals surface area (Å²) >= 11 is 0. The number of hydrogen-bond donors (Lipinski definition) is 0. The fourth-order valence-electron chi connectivity index (χ4n) is 8.20. The topological polar surface area (TPSA) is 49.7 Å². The van der Waals surface area contributed by atoms with Crippen LogP contribution in [0.5, 0.6) is 0 Å². The van der Waals surface area contributed by atoms with Gasteiger partial charge in [0.1, 0.15) is 11.6 Å². The van der Waals surface area contributed by atoms with Crippen molar-refractivity contribution >= 4 is 54.6 Å². The summed E-state index contributed by atoms with van der Waals surface area (Å²) in [6, 6.07) is 55.5. The molecule has 0 radical (unpaired) electrons. The van der Waals surface area contributed by atoms with Gasteiger partial charge in [-0.05, 0) is 75.3 Å². The third-order valence-corrected chi connectivity index (χ3v) is 10.8. The number of alkyl halides is 3. The Kier molecular flexibility index (Phi) is 8.43. The molecule has 0 fully saturated rings. The molecule has 0 N–H and O–H groups in total. The molecule has 4 heterocycles. The molecule has 0 saturated heterocycles. The first kappa shape index (κ1) is 35.6. The predicted molar refractivity (Wildman–Crippen MR) is 222 cm³/mol. The Bertz CT molecular complexity index is 3350. The van der Waals surface area contributed by atoms with E-state index in [2.05, 4.69) is 47.0 Å². The molecule has 0 amide bonds. The van der Waals surface area contributed by atoms with Crippen molar-refractivity contribution in [1.29, 1.82) is 0 Å². The van der Waals surface area contributed by atoms with Crippen LogP contribution < -0.4 is 4.98 Å². The van der Waals surface area contributed by atoms with Gasteiger partial charge in [0.2, 0.25) is 0 Å². The number of halogens is 3. The van der Waals surface area contributed by atoms with Crippen LogP contribution in [0.2, 0.25) is 0 Å². The molecule has 0 aliphatic carbocycles. The third kappa shape index (κ3) is 5.66. The zero-order valence-corrected chi connectivity index (χ0v) is 32.6. The van der Waals surface area contributed by atoms with Crippen LogP contribution in [0.15, 0.2) is 170 Å². The van der Waals surface area contributed by atoms with Crippen molar-refractivity contribution in [3.05, 3.63) is 182 Å². The van der Waals surface area contributed by atoms with Crippen LogP contribution >= 0.6 is 0 Å². The maximum Gasteiger partial charge on any atom is 2.00 e. The van der Waals surface area contributed by atoms with Gasteiger partial charge in [-0.3, -0.25) is 4.57 Å². The number of para-hydroxylation sites is 3. The Balaban J connectivity index is 0.00000408. The number of pyridine rings is 1. The summed E-state index contributed by atoms with van der Waals surface area (Å²) in [5, 5.41) is 4.03. The maximum atomic E-state index is 14.2. The normalized spacial score (nSPS) is 11.9. The second-order valence-electron chi connectivity index (χ2n) is 14.1. The minimum absolute atomic E-state index is 0. The average molecular weight is 939 g/mol. The molecule has 0 unspecified atom stereocenters. The molecule has 0 spiro atoms. The molecule has 11 rings (SSSR count). The molecule has 9 heteroatoms. The quantitative estimate of drug-likeness (QED) is 0.162. The summed E-state index contributed by atoms with van der Waals surface area (Å²) < 4.78 is 46.5. The third-order valence-electron chi connectivity index (χ3n) is 10.8. The molecule has 0 bridgehead atoms. The van der Waals surface area contributed by atoms with Crippen LogP contribution in [0.3, 0.4) is 0 Å². The van der Waals surface area contributed by atoms with Crippen molar-refractivity contribution in [3.63, 3.8) is 0 Å². The van der Waals surface area contributed by atoms with Crippen LogP contribution in [0.1, 0.15) is 5.56 Å². The van der Waals surface area contributed by atoms with E-state index in [1.165, 1.54) is 12.1 Å². The van der Waals surface area contributed by atoms with E-state index in [1.54, 1.807) is 12.3 Å². The Morgan fingerprint density at radius 2 is 1.34 bits per heavy atom. The first-order chi connectivity index (χ1) is 27.9. The number of rotatable bonds is 5. The van der Waals surface area contributed by atoms with Gasteiger partial charge >= 0.3 is 27.2 Å². The van der Waals surface area contributed by atoms with E-state index in [-0.39, 0.29) is 21.1 Å². The zero-order chi connectivity index (χ0) is 38.3. The second kappa shape index (κ2) is 13.7. The van der Waals surface area contributed by atoms with Gasteiger partial charge in [0.15, 0.2) is 0 Å². The van der Waals surface area contributed by atoms with Gasteiger partial charge in [0.25, 0.3) is 0 Å². The van der Waals surface area contributed by atoms with Gasteiger partial charge in [-0.25, -0.2) is 9.97 Å². The van der Waals surface area contributed by atoms with Gasteiger partial charge in [0.05, 0.1) is 16.6 Å². The summed E-state index contributed by atoms with van der Waals surface area (Å²) in [4.78, 5) is 15.0. The molecule has 0 aliphatic rings. The number of benzene rings is 7. The largest absolute Gasteiger partial charge is 2.00 e. The molecule has 5 nitrogen and oxygen atoms in total. The molecule has 280 valence electrons. The van der Waals surface area contributed by atoms with Crippen molar-refractivity contribution in [2.75, 3.05) is 0 Å². The summed E-state index contributed by atoms with van der Waals surface area (Å²) in [6.07, 6.45) is -2.75. The number of fused-ring (bicyclic) bond motifs is 7. The predicted octanol–water partition coefficient (Wildman–Crippen LogP) is 12.6. The van der Waals surface area contributed by atoms with E-state index < -0.39 is 11.7 Å². The maximum absolute atomic E-state index is 14.2. The Labute approximate surface area is 344 Å². The second-order valence-corrected chi connectivity index (χ2v) is 14.1. The summed E-state index contributed by atoms with van der Waals surface area (Å²) in [7, 11) is 0. The number of imidazole rings is 1. The SMILES string of the molecule is FC(F)(F)c1cccc(-n2c(-c3cccc4c3[n-]c3ccccc34)nc3c(-c4[c-]c5c(cc4)c4cc(-c6ccccc6)ccc4n5-c4ccccn4)cccc32)c1.[Pt+2]. The Morgan fingerprint density at radius 1 is 0.569 bits per heavy atom. The molecule has 7 aromatic carbocycles. The van der Waals surface area contributed by atoms with Crippen LogP contribution in [-0.2, 0) is 27.2 Å². The molecule has 4 aromatic heterocycles. The van der Waals surface area contributed by atoms with E-state index in [9.17, 15) is 13.2 Å². The van der Waals surface area contributed by atoms with E-state index in [0.29, 0.717) is 28.1 Å². The number of nitrogens with zero attached hydrogens (tertiary/aromatic N) is 5. The van der Waals surface area contributed by atoms with Crippen molar-refractivity contribution in [2.45, 2.75) is 6.18 Å². The first-order valence-corrected chi connectivity index (χ1v) is 18.5. The Morgan fingerprint density at radius 3 is 2.19 bits per heavy atom. The molecule has 58 heavy (non-hydrogen) atoms. The van der Waals surface area contributed by atoms with Crippen LogP contribution in [0, 0.1) is 6.07 Å². The van der Waals surface area contributed by atoms with Gasteiger partial charge in [-0.2, -0.15) is 13.2 Å². The minimum Gasteiger partial charge on any atom is -0.656 e. The van der Waals surface area contributed by atoms with E-state index in [1.807, 2.05) is 108 Å². The van der Waals surface area contributed by atoms with E-state index in [4.69, 9.17) is 15.0 Å². The standard InChI is InChI=1S/C49H28F3N5.Pt/c50-49(51,52)33-13-8-14-34(29-33)56-43-20-10-16-35(47(43)55-48(56)39-18-9-17-38-36-15-4-5-19-41(36)54-46(38)39)32-22-24-37-40-27-31(30-11-2-1-3-12-30)23-25-42(40)57(44(37)28-32)45-21-6-7-26-53-45;/h1-27,29H;/q-2;+2. The van der Waals surface area contributed by atoms with Gasteiger partial charge < -0.3 is 9.55 Å². The molecular weight excluding hydrogens is 911 g/mol. The smallest absolute Gasteiger partial charge is 0.656 e. The van der Waals surface area contributed by atoms with E-state index in [0.717, 1.165) is 77.7 Å². The zero-order valence-electron chi connectivity index (χ0n) is 30.4. The van der Waals surface area contributed by atoms with Gasteiger partial charge in [0, 0.05) is 23.0 Å². The fraction of sp³-hybridized carbons (Fsp3) is 0.0204. The van der Waals surface area contributed by atoms with Crippen molar-refractivity contribution < 1.29 is 34.2 Å². The monoisotopic (exact) mass is 938 g/mol. The van der Waals surface area contributed by atoms with Crippen LogP contribution in [0.4, 0.5) is 13.2 Å². The average Bonchev–Trinajstić information content (AvgIpc) is 3.93. The van der Waals surface area contributed by atoms with Crippen LogP contribution in [0.25, 0.3) is 99.8 Å². The van der Waals surface area contributed by atoms with Crippen LogP contribution in [-0.4, -0.2) is 19.1 Å².